The number of hydrogen-bond acceptors (Lipinski definition) is 5. The molecule has 2 aromatic heterocycles. The average Bonchev–Trinajstić information content (AvgIpc) is 3.11. The second-order valence-electron chi connectivity index (χ2n) is 5.50. The van der Waals surface area contributed by atoms with Gasteiger partial charge in [-0.15, -0.1) is 0 Å². The lowest BCUT2D eigenvalue weighted by atomic mass is 10.1. The van der Waals surface area contributed by atoms with Crippen molar-refractivity contribution in [2.45, 2.75) is 6.42 Å². The number of nitrogens with zero attached hydrogens (tertiary/aromatic N) is 2. The predicted molar refractivity (Wildman–Crippen MR) is 92.2 cm³/mol. The standard InChI is InChI=1S/C19H17N3O2/c1-2-9-20-16(3-1)8-10-21-19-7-5-15(12-22-19)14-4-6-17-18(11-14)24-13-23-17/h1-7,9,11-12H,8,10,13H2,(H,21,22). The minimum Gasteiger partial charge on any atom is -0.454 e. The summed E-state index contributed by atoms with van der Waals surface area (Å²) >= 11 is 0. The van der Waals surface area contributed by atoms with Gasteiger partial charge >= 0.3 is 0 Å². The van der Waals surface area contributed by atoms with Crippen LogP contribution in [0.15, 0.2) is 60.9 Å². The Kier molecular flexibility index (Phi) is 3.98. The second-order valence-corrected chi connectivity index (χ2v) is 5.50. The van der Waals surface area contributed by atoms with E-state index in [1.165, 1.54) is 0 Å². The first-order valence-electron chi connectivity index (χ1n) is 7.88. The van der Waals surface area contributed by atoms with Gasteiger partial charge in [0.05, 0.1) is 0 Å². The van der Waals surface area contributed by atoms with Crippen LogP contribution in [0.1, 0.15) is 5.69 Å². The normalized spacial score (nSPS) is 12.2. The second kappa shape index (κ2) is 6.58. The molecule has 3 heterocycles. The van der Waals surface area contributed by atoms with E-state index in [0.717, 1.165) is 47.1 Å². The highest BCUT2D eigenvalue weighted by atomic mass is 16.7. The molecule has 0 saturated carbocycles. The molecule has 3 aromatic rings. The van der Waals surface area contributed by atoms with E-state index in [2.05, 4.69) is 15.3 Å². The van der Waals surface area contributed by atoms with Gasteiger partial charge in [0.2, 0.25) is 6.79 Å². The van der Waals surface area contributed by atoms with Gasteiger partial charge in [-0.25, -0.2) is 4.98 Å². The fourth-order valence-corrected chi connectivity index (χ4v) is 2.61. The Balaban J connectivity index is 1.39. The number of anilines is 1. The first-order chi connectivity index (χ1) is 11.9. The van der Waals surface area contributed by atoms with E-state index in [9.17, 15) is 0 Å². The van der Waals surface area contributed by atoms with Crippen molar-refractivity contribution in [3.63, 3.8) is 0 Å². The first kappa shape index (κ1) is 14.5. The summed E-state index contributed by atoms with van der Waals surface area (Å²) in [4.78, 5) is 8.79. The number of hydrogen-bond donors (Lipinski definition) is 1. The van der Waals surface area contributed by atoms with Gasteiger partial charge in [0, 0.05) is 36.6 Å². The Morgan fingerprint density at radius 1 is 0.917 bits per heavy atom. The van der Waals surface area contributed by atoms with E-state index in [1.54, 1.807) is 0 Å². The minimum absolute atomic E-state index is 0.288. The Morgan fingerprint density at radius 3 is 2.67 bits per heavy atom. The SMILES string of the molecule is c1ccc(CCNc2ccc(-c3ccc4c(c3)OCO4)cn2)nc1. The molecular formula is C19H17N3O2. The molecule has 0 spiro atoms. The summed E-state index contributed by atoms with van der Waals surface area (Å²) in [6.45, 7) is 1.09. The Bertz CT molecular complexity index is 820. The molecular weight excluding hydrogens is 302 g/mol. The highest BCUT2D eigenvalue weighted by Gasteiger charge is 2.13. The highest BCUT2D eigenvalue weighted by Crippen LogP contribution is 2.35. The van der Waals surface area contributed by atoms with Crippen LogP contribution in [0, 0.1) is 0 Å². The maximum absolute atomic E-state index is 5.42. The van der Waals surface area contributed by atoms with Gasteiger partial charge < -0.3 is 14.8 Å². The smallest absolute Gasteiger partial charge is 0.231 e. The zero-order chi connectivity index (χ0) is 16.2. The molecule has 5 heteroatoms. The van der Waals surface area contributed by atoms with Crippen LogP contribution >= 0.6 is 0 Å². The molecule has 5 nitrogen and oxygen atoms in total. The molecule has 1 N–H and O–H groups in total. The van der Waals surface area contributed by atoms with Crippen LogP contribution in [0.5, 0.6) is 11.5 Å². The van der Waals surface area contributed by atoms with Gasteiger partial charge in [0.25, 0.3) is 0 Å². The Hall–Kier alpha value is -3.08. The van der Waals surface area contributed by atoms with Gasteiger partial charge in [-0.3, -0.25) is 4.98 Å². The lowest BCUT2D eigenvalue weighted by Crippen LogP contribution is -2.06. The van der Waals surface area contributed by atoms with Crippen LogP contribution in [-0.4, -0.2) is 23.3 Å². The third-order valence-corrected chi connectivity index (χ3v) is 3.88. The summed E-state index contributed by atoms with van der Waals surface area (Å²) in [5, 5.41) is 3.32. The highest BCUT2D eigenvalue weighted by molar-refractivity contribution is 5.67. The van der Waals surface area contributed by atoms with Crippen molar-refractivity contribution in [3.05, 3.63) is 66.6 Å². The molecule has 0 unspecified atom stereocenters. The zero-order valence-corrected chi connectivity index (χ0v) is 13.1. The molecule has 24 heavy (non-hydrogen) atoms. The van der Waals surface area contributed by atoms with Gasteiger partial charge in [0.15, 0.2) is 11.5 Å². The van der Waals surface area contributed by atoms with E-state index >= 15 is 0 Å². The quantitative estimate of drug-likeness (QED) is 0.779. The molecule has 0 aliphatic carbocycles. The number of rotatable bonds is 5. The minimum atomic E-state index is 0.288. The van der Waals surface area contributed by atoms with Crippen molar-refractivity contribution < 1.29 is 9.47 Å². The summed E-state index contributed by atoms with van der Waals surface area (Å²) < 4.78 is 10.8. The van der Waals surface area contributed by atoms with E-state index in [0.29, 0.717) is 0 Å². The van der Waals surface area contributed by atoms with Crippen molar-refractivity contribution in [1.82, 2.24) is 9.97 Å². The van der Waals surface area contributed by atoms with Crippen LogP contribution < -0.4 is 14.8 Å². The van der Waals surface area contributed by atoms with Crippen LogP contribution in [0.2, 0.25) is 0 Å². The molecule has 1 aliphatic heterocycles. The summed E-state index contributed by atoms with van der Waals surface area (Å²) in [6, 6.07) is 15.9. The first-order valence-corrected chi connectivity index (χ1v) is 7.88. The lowest BCUT2D eigenvalue weighted by molar-refractivity contribution is 0.174. The van der Waals surface area contributed by atoms with Crippen molar-refractivity contribution in [3.8, 4) is 22.6 Å². The van der Waals surface area contributed by atoms with Crippen LogP contribution in [0.25, 0.3) is 11.1 Å². The fraction of sp³-hybridized carbons (Fsp3) is 0.158. The number of fused-ring (bicyclic) bond motifs is 1. The van der Waals surface area contributed by atoms with Crippen LogP contribution in [0.4, 0.5) is 5.82 Å². The molecule has 120 valence electrons. The Labute approximate surface area is 140 Å². The number of pyridine rings is 2. The Morgan fingerprint density at radius 2 is 1.83 bits per heavy atom. The van der Waals surface area contributed by atoms with Crippen molar-refractivity contribution >= 4 is 5.82 Å². The van der Waals surface area contributed by atoms with Gasteiger partial charge in [0.1, 0.15) is 5.82 Å². The third-order valence-electron chi connectivity index (χ3n) is 3.88. The van der Waals surface area contributed by atoms with Crippen LogP contribution in [0.3, 0.4) is 0 Å². The molecule has 0 amide bonds. The van der Waals surface area contributed by atoms with Crippen molar-refractivity contribution in [2.24, 2.45) is 0 Å². The summed E-state index contributed by atoms with van der Waals surface area (Å²) in [6.07, 6.45) is 4.54. The number of ether oxygens (including phenoxy) is 2. The van der Waals surface area contributed by atoms with Crippen molar-refractivity contribution in [2.75, 3.05) is 18.7 Å². The summed E-state index contributed by atoms with van der Waals surface area (Å²) in [5.74, 6) is 2.43. The number of aromatic nitrogens is 2. The van der Waals surface area contributed by atoms with E-state index in [4.69, 9.17) is 9.47 Å². The zero-order valence-electron chi connectivity index (χ0n) is 13.1. The van der Waals surface area contributed by atoms with Gasteiger partial charge in [-0.1, -0.05) is 12.1 Å². The summed E-state index contributed by atoms with van der Waals surface area (Å²) in [7, 11) is 0. The van der Waals surface area contributed by atoms with Gasteiger partial charge in [-0.05, 0) is 42.0 Å². The molecule has 0 atom stereocenters. The predicted octanol–water partition coefficient (Wildman–Crippen LogP) is 3.53. The maximum atomic E-state index is 5.42. The van der Waals surface area contributed by atoms with Gasteiger partial charge in [-0.2, -0.15) is 0 Å². The largest absolute Gasteiger partial charge is 0.454 e. The molecule has 0 fully saturated rings. The molecule has 1 aliphatic rings. The maximum Gasteiger partial charge on any atom is 0.231 e. The molecule has 0 saturated heterocycles. The van der Waals surface area contributed by atoms with E-state index in [-0.39, 0.29) is 6.79 Å². The summed E-state index contributed by atoms with van der Waals surface area (Å²) in [5.41, 5.74) is 3.18. The number of nitrogens with one attached hydrogen (secondary N) is 1. The third kappa shape index (κ3) is 3.15. The fourth-order valence-electron chi connectivity index (χ4n) is 2.61. The molecule has 0 bridgehead atoms. The lowest BCUT2D eigenvalue weighted by Gasteiger charge is -2.07. The topological polar surface area (TPSA) is 56.3 Å². The van der Waals surface area contributed by atoms with Crippen LogP contribution in [-0.2, 0) is 6.42 Å². The molecule has 4 rings (SSSR count). The molecule has 0 radical (unpaired) electrons. The van der Waals surface area contributed by atoms with E-state index in [1.807, 2.05) is 60.9 Å². The monoisotopic (exact) mass is 319 g/mol. The number of benzene rings is 1. The van der Waals surface area contributed by atoms with Crippen molar-refractivity contribution in [1.29, 1.82) is 0 Å². The molecule has 1 aromatic carbocycles. The van der Waals surface area contributed by atoms with E-state index < -0.39 is 0 Å². The average molecular weight is 319 g/mol.